The first kappa shape index (κ1) is 21.3. The van der Waals surface area contributed by atoms with Gasteiger partial charge in [0, 0.05) is 13.0 Å². The number of carbonyl (C=O) groups excluding carboxylic acids is 2. The molecule has 0 saturated carbocycles. The van der Waals surface area contributed by atoms with E-state index in [1.807, 2.05) is 53.4 Å². The van der Waals surface area contributed by atoms with E-state index >= 15 is 0 Å². The lowest BCUT2D eigenvalue weighted by Gasteiger charge is -2.28. The number of likely N-dealkylation sites (tertiary alicyclic amines) is 1. The van der Waals surface area contributed by atoms with Crippen molar-refractivity contribution >= 4 is 33.4 Å². The Morgan fingerprint density at radius 1 is 1.23 bits per heavy atom. The fourth-order valence-corrected chi connectivity index (χ4v) is 5.03. The van der Waals surface area contributed by atoms with Crippen LogP contribution in [0.5, 0.6) is 5.75 Å². The highest BCUT2D eigenvalue weighted by Crippen LogP contribution is 2.39. The first-order valence-electron chi connectivity index (χ1n) is 10.7. The molecule has 31 heavy (non-hydrogen) atoms. The minimum atomic E-state index is -0.424. The molecule has 1 saturated heterocycles. The van der Waals surface area contributed by atoms with Crippen molar-refractivity contribution in [3.63, 3.8) is 0 Å². The third-order valence-corrected chi connectivity index (χ3v) is 6.77. The second-order valence-corrected chi connectivity index (χ2v) is 8.88. The number of ether oxygens (including phenoxy) is 1. The van der Waals surface area contributed by atoms with Gasteiger partial charge in [-0.1, -0.05) is 37.6 Å². The molecule has 1 aliphatic heterocycles. The van der Waals surface area contributed by atoms with Gasteiger partial charge in [0.15, 0.2) is 0 Å². The highest BCUT2D eigenvalue weighted by molar-refractivity contribution is 7.18. The van der Waals surface area contributed by atoms with Gasteiger partial charge in [-0.25, -0.2) is 4.98 Å². The number of benzene rings is 2. The van der Waals surface area contributed by atoms with Gasteiger partial charge >= 0.3 is 0 Å². The number of fused-ring (bicyclic) bond motifs is 1. The fourth-order valence-electron chi connectivity index (χ4n) is 4.12. The van der Waals surface area contributed by atoms with Gasteiger partial charge in [-0.3, -0.25) is 9.59 Å². The average Bonchev–Trinajstić information content (AvgIpc) is 3.36. The van der Waals surface area contributed by atoms with Gasteiger partial charge in [-0.05, 0) is 36.2 Å². The molecule has 0 aliphatic carbocycles. The monoisotopic (exact) mass is 437 g/mol. The van der Waals surface area contributed by atoms with Crippen LogP contribution in [0.4, 0.5) is 0 Å². The number of thiazole rings is 1. The summed E-state index contributed by atoms with van der Waals surface area (Å²) in [5.41, 5.74) is 1.90. The van der Waals surface area contributed by atoms with Crippen molar-refractivity contribution in [2.24, 2.45) is 5.92 Å². The van der Waals surface area contributed by atoms with Crippen LogP contribution in [0.2, 0.25) is 0 Å². The van der Waals surface area contributed by atoms with E-state index < -0.39 is 5.92 Å². The molecule has 3 aromatic rings. The maximum Gasteiger partial charge on any atom is 0.226 e. The first-order chi connectivity index (χ1) is 15.1. The maximum absolute atomic E-state index is 13.2. The van der Waals surface area contributed by atoms with E-state index in [2.05, 4.69) is 17.2 Å². The Kier molecular flexibility index (Phi) is 6.51. The summed E-state index contributed by atoms with van der Waals surface area (Å²) in [6, 6.07) is 15.3. The van der Waals surface area contributed by atoms with Crippen molar-refractivity contribution in [1.82, 2.24) is 15.2 Å². The predicted octanol–water partition coefficient (Wildman–Crippen LogP) is 4.31. The van der Waals surface area contributed by atoms with Crippen molar-refractivity contribution in [3.8, 4) is 5.75 Å². The number of methoxy groups -OCH3 is 1. The lowest BCUT2D eigenvalue weighted by atomic mass is 9.92. The number of para-hydroxylation sites is 1. The number of aromatic nitrogens is 1. The van der Waals surface area contributed by atoms with E-state index in [0.717, 1.165) is 39.4 Å². The molecule has 2 unspecified atom stereocenters. The summed E-state index contributed by atoms with van der Waals surface area (Å²) in [4.78, 5) is 32.4. The summed E-state index contributed by atoms with van der Waals surface area (Å²) in [5.74, 6) is 0.263. The van der Waals surface area contributed by atoms with Crippen LogP contribution in [0.1, 0.15) is 42.8 Å². The Bertz CT molecular complexity index is 1030. The molecule has 4 rings (SSSR count). The molecular weight excluding hydrogens is 410 g/mol. The predicted molar refractivity (Wildman–Crippen MR) is 122 cm³/mol. The van der Waals surface area contributed by atoms with E-state index in [4.69, 9.17) is 4.74 Å². The van der Waals surface area contributed by atoms with Crippen LogP contribution in [-0.2, 0) is 16.1 Å². The smallest absolute Gasteiger partial charge is 0.226 e. The van der Waals surface area contributed by atoms with Crippen molar-refractivity contribution < 1.29 is 14.3 Å². The zero-order valence-electron chi connectivity index (χ0n) is 17.8. The molecule has 1 N–H and O–H groups in total. The number of nitrogens with zero attached hydrogens (tertiary/aromatic N) is 2. The molecular formula is C24H27N3O3S. The molecule has 0 radical (unpaired) electrons. The van der Waals surface area contributed by atoms with Crippen molar-refractivity contribution in [3.05, 3.63) is 59.1 Å². The van der Waals surface area contributed by atoms with Crippen molar-refractivity contribution in [2.45, 2.75) is 38.8 Å². The van der Waals surface area contributed by atoms with Crippen LogP contribution in [0.15, 0.2) is 48.5 Å². The van der Waals surface area contributed by atoms with E-state index in [-0.39, 0.29) is 24.3 Å². The van der Waals surface area contributed by atoms with Crippen LogP contribution < -0.4 is 10.1 Å². The third kappa shape index (κ3) is 4.56. The second kappa shape index (κ2) is 9.47. The highest BCUT2D eigenvalue weighted by atomic mass is 32.1. The van der Waals surface area contributed by atoms with E-state index in [1.165, 1.54) is 0 Å². The molecule has 1 aromatic heterocycles. The molecule has 0 spiro atoms. The van der Waals surface area contributed by atoms with Crippen LogP contribution in [-0.4, -0.2) is 35.4 Å². The number of carbonyl (C=O) groups is 2. The SMILES string of the molecule is CCCCN1C(=O)CC(C(=O)NCc2nc3ccccc3s2)C1c1ccc(OC)cc1. The van der Waals surface area contributed by atoms with Gasteiger partial charge in [-0.2, -0.15) is 0 Å². The fraction of sp³-hybridized carbons (Fsp3) is 0.375. The zero-order chi connectivity index (χ0) is 21.8. The summed E-state index contributed by atoms with van der Waals surface area (Å²) in [7, 11) is 1.62. The molecule has 0 bridgehead atoms. The summed E-state index contributed by atoms with van der Waals surface area (Å²) in [6.07, 6.45) is 2.14. The van der Waals surface area contributed by atoms with Crippen molar-refractivity contribution in [2.75, 3.05) is 13.7 Å². The summed E-state index contributed by atoms with van der Waals surface area (Å²) < 4.78 is 6.37. The van der Waals surface area contributed by atoms with Crippen LogP contribution in [0, 0.1) is 5.92 Å². The van der Waals surface area contributed by atoms with E-state index in [0.29, 0.717) is 13.1 Å². The maximum atomic E-state index is 13.2. The largest absolute Gasteiger partial charge is 0.497 e. The normalized spacial score (nSPS) is 18.5. The van der Waals surface area contributed by atoms with Crippen LogP contribution in [0.3, 0.4) is 0 Å². The zero-order valence-corrected chi connectivity index (χ0v) is 18.7. The van der Waals surface area contributed by atoms with Crippen molar-refractivity contribution in [1.29, 1.82) is 0 Å². The standard InChI is InChI=1S/C24H27N3O3S/c1-3-4-13-27-22(28)14-18(23(27)16-9-11-17(30-2)12-10-16)24(29)25-15-21-26-19-7-5-6-8-20(19)31-21/h5-12,18,23H,3-4,13-15H2,1-2H3,(H,25,29). The molecule has 2 amide bonds. The lowest BCUT2D eigenvalue weighted by Crippen LogP contribution is -2.35. The molecule has 1 aliphatic rings. The Balaban J connectivity index is 1.52. The summed E-state index contributed by atoms with van der Waals surface area (Å²) in [5, 5.41) is 3.89. The number of hydrogen-bond donors (Lipinski definition) is 1. The minimum Gasteiger partial charge on any atom is -0.497 e. The molecule has 2 aromatic carbocycles. The van der Waals surface area contributed by atoms with Gasteiger partial charge < -0.3 is 15.0 Å². The van der Waals surface area contributed by atoms with Gasteiger partial charge in [0.25, 0.3) is 0 Å². The number of rotatable bonds is 8. The molecule has 162 valence electrons. The third-order valence-electron chi connectivity index (χ3n) is 5.73. The second-order valence-electron chi connectivity index (χ2n) is 7.76. The number of nitrogens with one attached hydrogen (secondary N) is 1. The summed E-state index contributed by atoms with van der Waals surface area (Å²) >= 11 is 1.58. The molecule has 2 atom stereocenters. The average molecular weight is 438 g/mol. The van der Waals surface area contributed by atoms with Gasteiger partial charge in [0.2, 0.25) is 11.8 Å². The number of hydrogen-bond acceptors (Lipinski definition) is 5. The van der Waals surface area contributed by atoms with E-state index in [9.17, 15) is 9.59 Å². The first-order valence-corrected chi connectivity index (χ1v) is 11.5. The lowest BCUT2D eigenvalue weighted by molar-refractivity contribution is -0.129. The highest BCUT2D eigenvalue weighted by Gasteiger charge is 2.44. The Morgan fingerprint density at radius 2 is 2.00 bits per heavy atom. The topological polar surface area (TPSA) is 71.5 Å². The summed E-state index contributed by atoms with van der Waals surface area (Å²) in [6.45, 7) is 3.13. The molecule has 1 fully saturated rings. The van der Waals surface area contributed by atoms with Gasteiger partial charge in [0.05, 0.1) is 35.8 Å². The van der Waals surface area contributed by atoms with Gasteiger partial charge in [0.1, 0.15) is 10.8 Å². The van der Waals surface area contributed by atoms with E-state index in [1.54, 1.807) is 18.4 Å². The number of unbranched alkanes of at least 4 members (excludes halogenated alkanes) is 1. The molecule has 6 nitrogen and oxygen atoms in total. The molecule has 7 heteroatoms. The van der Waals surface area contributed by atoms with Gasteiger partial charge in [-0.15, -0.1) is 11.3 Å². The molecule has 2 heterocycles. The number of amides is 2. The Hall–Kier alpha value is -2.93. The van der Waals surface area contributed by atoms with Crippen LogP contribution in [0.25, 0.3) is 10.2 Å². The van der Waals surface area contributed by atoms with Crippen LogP contribution >= 0.6 is 11.3 Å². The Labute approximate surface area is 186 Å². The Morgan fingerprint density at radius 3 is 2.71 bits per heavy atom. The minimum absolute atomic E-state index is 0.0365. The quantitative estimate of drug-likeness (QED) is 0.570.